The van der Waals surface area contributed by atoms with Crippen LogP contribution in [0.3, 0.4) is 0 Å². The summed E-state index contributed by atoms with van der Waals surface area (Å²) in [5.41, 5.74) is 2.72. The lowest BCUT2D eigenvalue weighted by atomic mass is 10.2. The molecule has 0 saturated heterocycles. The molecule has 22 heavy (non-hydrogen) atoms. The van der Waals surface area contributed by atoms with E-state index in [1.807, 2.05) is 6.92 Å². The number of ether oxygens (including phenoxy) is 1. The first kappa shape index (κ1) is 16.2. The molecular weight excluding hydrogens is 324 g/mol. The Balaban J connectivity index is 1.85. The highest BCUT2D eigenvalue weighted by molar-refractivity contribution is 8.01. The summed E-state index contributed by atoms with van der Waals surface area (Å²) in [6, 6.07) is 4.86. The van der Waals surface area contributed by atoms with E-state index in [0.717, 1.165) is 9.35 Å². The van der Waals surface area contributed by atoms with Gasteiger partial charge in [-0.1, -0.05) is 23.0 Å². The Labute approximate surface area is 135 Å². The number of aromatic nitrogens is 2. The number of hydrogen-bond acceptors (Lipinski definition) is 7. The maximum Gasteiger partial charge on any atom is 0.322 e. The molecule has 2 aromatic rings. The van der Waals surface area contributed by atoms with Gasteiger partial charge in [0.25, 0.3) is 5.91 Å². The molecule has 0 fully saturated rings. The zero-order chi connectivity index (χ0) is 15.9. The summed E-state index contributed by atoms with van der Waals surface area (Å²) in [4.78, 5) is 11.6. The monoisotopic (exact) mass is 338 g/mol. The molecule has 116 valence electrons. The van der Waals surface area contributed by atoms with Crippen molar-refractivity contribution in [1.29, 1.82) is 0 Å². The summed E-state index contributed by atoms with van der Waals surface area (Å²) >= 11 is 2.82. The van der Waals surface area contributed by atoms with Crippen molar-refractivity contribution in [3.05, 3.63) is 28.8 Å². The molecule has 0 saturated carbocycles. The number of hydrogen-bond donors (Lipinski definition) is 1. The van der Waals surface area contributed by atoms with E-state index in [-0.39, 0.29) is 23.2 Å². The number of thioether (sulfide) groups is 1. The molecule has 0 aliphatic carbocycles. The van der Waals surface area contributed by atoms with E-state index < -0.39 is 0 Å². The number of benzene rings is 1. The minimum absolute atomic E-state index is 0.206. The SMILES string of the molecule is COc1cccc(/C=N/NC(=O)CSc2[nH+]nc(C)s2)c1[O-]. The topological polar surface area (TPSA) is 101 Å². The average Bonchev–Trinajstić information content (AvgIpc) is 2.92. The van der Waals surface area contributed by atoms with Gasteiger partial charge in [0.05, 0.1) is 19.1 Å². The zero-order valence-electron chi connectivity index (χ0n) is 12.0. The van der Waals surface area contributed by atoms with Crippen LogP contribution in [0.15, 0.2) is 27.6 Å². The number of hydrazone groups is 1. The van der Waals surface area contributed by atoms with Crippen molar-refractivity contribution in [3.8, 4) is 11.5 Å². The normalized spacial score (nSPS) is 10.8. The lowest BCUT2D eigenvalue weighted by Crippen LogP contribution is -2.20. The van der Waals surface area contributed by atoms with E-state index in [4.69, 9.17) is 4.74 Å². The summed E-state index contributed by atoms with van der Waals surface area (Å²) in [7, 11) is 1.43. The Kier molecular flexibility index (Phi) is 5.73. The number of amides is 1. The molecule has 0 aliphatic rings. The highest BCUT2D eigenvalue weighted by atomic mass is 32.2. The van der Waals surface area contributed by atoms with Crippen LogP contribution in [0.2, 0.25) is 0 Å². The number of nitrogens with one attached hydrogen (secondary N) is 2. The molecule has 0 radical (unpaired) electrons. The largest absolute Gasteiger partial charge is 0.870 e. The average molecular weight is 338 g/mol. The number of nitrogens with zero attached hydrogens (tertiary/aromatic N) is 2. The minimum atomic E-state index is -0.271. The second-order valence-electron chi connectivity index (χ2n) is 4.09. The number of rotatable bonds is 6. The summed E-state index contributed by atoms with van der Waals surface area (Å²) < 4.78 is 5.78. The molecule has 0 spiro atoms. The molecule has 1 aromatic carbocycles. The van der Waals surface area contributed by atoms with Gasteiger partial charge in [-0.2, -0.15) is 5.10 Å². The number of carbonyl (C=O) groups is 1. The maximum absolute atomic E-state index is 11.8. The number of para-hydroxylation sites is 1. The van der Waals surface area contributed by atoms with Crippen molar-refractivity contribution in [2.45, 2.75) is 11.3 Å². The van der Waals surface area contributed by atoms with Crippen molar-refractivity contribution in [2.24, 2.45) is 5.10 Å². The standard InChI is InChI=1S/C13H14N4O3S2/c1-8-15-17-13(22-8)21-7-11(18)16-14-6-9-4-3-5-10(20-2)12(9)19/h3-6,19H,7H2,1-2H3,(H,16,18)/b14-6+. The molecule has 2 N–H and O–H groups in total. The van der Waals surface area contributed by atoms with Gasteiger partial charge >= 0.3 is 4.34 Å². The van der Waals surface area contributed by atoms with Crippen LogP contribution in [-0.2, 0) is 4.79 Å². The van der Waals surface area contributed by atoms with Crippen molar-refractivity contribution < 1.29 is 19.7 Å². The van der Waals surface area contributed by atoms with Crippen LogP contribution in [0.1, 0.15) is 10.6 Å². The Morgan fingerprint density at radius 2 is 2.45 bits per heavy atom. The molecule has 0 bridgehead atoms. The predicted octanol–water partition coefficient (Wildman–Crippen LogP) is 0.590. The van der Waals surface area contributed by atoms with E-state index in [1.165, 1.54) is 36.4 Å². The lowest BCUT2D eigenvalue weighted by molar-refractivity contribution is -0.489. The van der Waals surface area contributed by atoms with Crippen molar-refractivity contribution in [3.63, 3.8) is 0 Å². The summed E-state index contributed by atoms with van der Waals surface area (Å²) in [5.74, 6) is -0.0947. The minimum Gasteiger partial charge on any atom is -0.870 e. The van der Waals surface area contributed by atoms with Crippen LogP contribution in [0.25, 0.3) is 0 Å². The van der Waals surface area contributed by atoms with E-state index in [9.17, 15) is 9.90 Å². The molecule has 0 atom stereocenters. The Morgan fingerprint density at radius 3 is 3.14 bits per heavy atom. The predicted molar refractivity (Wildman–Crippen MR) is 82.3 cm³/mol. The molecule has 1 aromatic heterocycles. The molecule has 0 unspecified atom stereocenters. The number of aromatic amines is 1. The first-order valence-corrected chi connectivity index (χ1v) is 8.04. The van der Waals surface area contributed by atoms with Crippen LogP contribution in [0, 0.1) is 6.92 Å². The third-order valence-electron chi connectivity index (χ3n) is 2.50. The summed E-state index contributed by atoms with van der Waals surface area (Å²) in [6.07, 6.45) is 1.30. The van der Waals surface area contributed by atoms with E-state index in [1.54, 1.807) is 18.2 Å². The third-order valence-corrected chi connectivity index (χ3v) is 4.53. The molecule has 2 rings (SSSR count). The van der Waals surface area contributed by atoms with Gasteiger partial charge in [0, 0.05) is 5.10 Å². The third kappa shape index (κ3) is 4.43. The Morgan fingerprint density at radius 1 is 1.64 bits per heavy atom. The van der Waals surface area contributed by atoms with E-state index in [0.29, 0.717) is 5.56 Å². The number of aryl methyl sites for hydroxylation is 1. The number of methoxy groups -OCH3 is 1. The van der Waals surface area contributed by atoms with Crippen molar-refractivity contribution in [1.82, 2.24) is 10.5 Å². The highest BCUT2D eigenvalue weighted by Crippen LogP contribution is 2.25. The molecule has 9 heteroatoms. The van der Waals surface area contributed by atoms with Crippen LogP contribution >= 0.6 is 23.1 Å². The fourth-order valence-electron chi connectivity index (χ4n) is 1.50. The van der Waals surface area contributed by atoms with Crippen LogP contribution in [-0.4, -0.2) is 30.1 Å². The van der Waals surface area contributed by atoms with E-state index >= 15 is 0 Å². The van der Waals surface area contributed by atoms with Gasteiger partial charge in [0.2, 0.25) is 0 Å². The van der Waals surface area contributed by atoms with Gasteiger partial charge in [-0.15, -0.1) is 0 Å². The number of carbonyl (C=O) groups excluding carboxylic acids is 1. The van der Waals surface area contributed by atoms with Gasteiger partial charge in [0.1, 0.15) is 5.75 Å². The quantitative estimate of drug-likeness (QED) is 0.472. The van der Waals surface area contributed by atoms with E-state index in [2.05, 4.69) is 20.7 Å². The molecule has 0 aliphatic heterocycles. The van der Waals surface area contributed by atoms with Gasteiger partial charge in [0.15, 0.2) is 5.01 Å². The summed E-state index contributed by atoms with van der Waals surface area (Å²) in [6.45, 7) is 1.88. The molecule has 1 amide bonds. The molecule has 7 nitrogen and oxygen atoms in total. The first-order chi connectivity index (χ1) is 10.6. The van der Waals surface area contributed by atoms with Gasteiger partial charge in [-0.3, -0.25) is 4.79 Å². The van der Waals surface area contributed by atoms with Gasteiger partial charge in [-0.25, -0.2) is 5.43 Å². The van der Waals surface area contributed by atoms with Crippen LogP contribution in [0.4, 0.5) is 0 Å². The number of H-pyrrole nitrogens is 1. The Bertz CT molecular complexity index is 688. The summed E-state index contributed by atoms with van der Waals surface area (Å²) in [5, 5.41) is 23.3. The van der Waals surface area contributed by atoms with Crippen molar-refractivity contribution >= 4 is 35.2 Å². The van der Waals surface area contributed by atoms with Crippen molar-refractivity contribution in [2.75, 3.05) is 12.9 Å². The van der Waals surface area contributed by atoms with Gasteiger partial charge < -0.3 is 9.84 Å². The maximum atomic E-state index is 11.8. The smallest absolute Gasteiger partial charge is 0.322 e. The second kappa shape index (κ2) is 7.76. The zero-order valence-corrected chi connectivity index (χ0v) is 13.6. The molecular formula is C13H14N4O3S2. The lowest BCUT2D eigenvalue weighted by Gasteiger charge is -2.14. The second-order valence-corrected chi connectivity index (χ2v) is 6.54. The fraction of sp³-hybridized carbons (Fsp3) is 0.231. The van der Waals surface area contributed by atoms with Crippen LogP contribution in [0.5, 0.6) is 11.5 Å². The Hall–Kier alpha value is -2.13. The highest BCUT2D eigenvalue weighted by Gasteiger charge is 2.10. The van der Waals surface area contributed by atoms with Gasteiger partial charge in [-0.05, 0) is 41.7 Å². The first-order valence-electron chi connectivity index (χ1n) is 6.24. The fourth-order valence-corrected chi connectivity index (χ4v) is 3.16. The molecule has 1 heterocycles. The van der Waals surface area contributed by atoms with Crippen LogP contribution < -0.4 is 20.4 Å².